The van der Waals surface area contributed by atoms with Crippen molar-refractivity contribution < 1.29 is 29.0 Å². The second-order valence-electron chi connectivity index (χ2n) is 14.2. The van der Waals surface area contributed by atoms with Gasteiger partial charge in [-0.05, 0) is 84.9 Å². The minimum atomic E-state index is -0.629. The van der Waals surface area contributed by atoms with Crippen LogP contribution in [0.15, 0.2) is 121 Å². The molecule has 0 bridgehead atoms. The van der Waals surface area contributed by atoms with Gasteiger partial charge in [-0.15, -0.1) is 0 Å². The van der Waals surface area contributed by atoms with E-state index in [1.54, 1.807) is 4.90 Å². The Kier molecular flexibility index (Phi) is 13.5. The zero-order valence-corrected chi connectivity index (χ0v) is 30.3. The summed E-state index contributed by atoms with van der Waals surface area (Å²) >= 11 is 0. The van der Waals surface area contributed by atoms with Gasteiger partial charge in [0.05, 0.1) is 30.5 Å². The molecule has 0 aromatic heterocycles. The lowest BCUT2D eigenvalue weighted by Gasteiger charge is -2.36. The van der Waals surface area contributed by atoms with Crippen molar-refractivity contribution >= 4 is 17.8 Å². The molecule has 0 aliphatic carbocycles. The van der Waals surface area contributed by atoms with E-state index in [0.717, 1.165) is 46.4 Å². The minimum Gasteiger partial charge on any atom is -0.489 e. The summed E-state index contributed by atoms with van der Waals surface area (Å²) in [5, 5.41) is 13.4. The number of amides is 2. The van der Waals surface area contributed by atoms with E-state index in [1.165, 1.54) is 0 Å². The fourth-order valence-electron chi connectivity index (χ4n) is 7.23. The molecule has 0 radical (unpaired) electrons. The van der Waals surface area contributed by atoms with Gasteiger partial charge in [-0.2, -0.15) is 0 Å². The number of rotatable bonds is 10. The summed E-state index contributed by atoms with van der Waals surface area (Å²) in [6.45, 7) is 0.717. The number of allylic oxidation sites excluding steroid dienone is 2. The van der Waals surface area contributed by atoms with Crippen molar-refractivity contribution in [1.82, 2.24) is 10.2 Å². The largest absolute Gasteiger partial charge is 0.489 e. The summed E-state index contributed by atoms with van der Waals surface area (Å²) in [7, 11) is 0. The monoisotopic (exact) mass is 714 g/mol. The summed E-state index contributed by atoms with van der Waals surface area (Å²) < 4.78 is 12.0. The summed E-state index contributed by atoms with van der Waals surface area (Å²) in [6.07, 6.45) is 8.27. The molecular weight excluding hydrogens is 665 g/mol. The molecule has 4 aromatic carbocycles. The topological polar surface area (TPSA) is 105 Å². The molecule has 2 aliphatic heterocycles. The van der Waals surface area contributed by atoms with Crippen LogP contribution in [0, 0.1) is 11.8 Å². The molecule has 0 saturated heterocycles. The van der Waals surface area contributed by atoms with E-state index in [4.69, 9.17) is 9.47 Å². The number of ether oxygens (including phenoxy) is 2. The van der Waals surface area contributed by atoms with Crippen molar-refractivity contribution in [3.63, 3.8) is 0 Å². The summed E-state index contributed by atoms with van der Waals surface area (Å²) in [5.74, 6) is -0.893. The Bertz CT molecular complexity index is 1810. The molecule has 2 amide bonds. The lowest BCUT2D eigenvalue weighted by molar-refractivity contribution is -0.150. The first-order valence-electron chi connectivity index (χ1n) is 18.8. The zero-order valence-electron chi connectivity index (χ0n) is 30.3. The first-order valence-corrected chi connectivity index (χ1v) is 18.8. The van der Waals surface area contributed by atoms with Crippen LogP contribution in [0.2, 0.25) is 0 Å². The number of carbonyl (C=O) groups is 3. The lowest BCUT2D eigenvalue weighted by Crippen LogP contribution is -2.48. The van der Waals surface area contributed by atoms with Gasteiger partial charge in [0.1, 0.15) is 19.0 Å². The number of aliphatic hydroxyl groups is 1. The van der Waals surface area contributed by atoms with E-state index >= 15 is 0 Å². The highest BCUT2D eigenvalue weighted by Gasteiger charge is 2.33. The van der Waals surface area contributed by atoms with E-state index in [1.807, 2.05) is 121 Å². The van der Waals surface area contributed by atoms with E-state index in [9.17, 15) is 19.5 Å². The minimum absolute atomic E-state index is 0.00788. The molecule has 2 N–H and O–H groups in total. The van der Waals surface area contributed by atoms with Crippen molar-refractivity contribution in [2.75, 3.05) is 13.2 Å². The van der Waals surface area contributed by atoms with Crippen LogP contribution >= 0.6 is 0 Å². The van der Waals surface area contributed by atoms with Gasteiger partial charge in [0.15, 0.2) is 0 Å². The van der Waals surface area contributed by atoms with Crippen molar-refractivity contribution in [2.24, 2.45) is 11.8 Å². The van der Waals surface area contributed by atoms with Crippen LogP contribution in [-0.2, 0) is 51.5 Å². The van der Waals surface area contributed by atoms with E-state index in [0.29, 0.717) is 45.3 Å². The second kappa shape index (κ2) is 19.0. The number of nitrogens with one attached hydrogen (secondary N) is 1. The van der Waals surface area contributed by atoms with Crippen LogP contribution in [-0.4, -0.2) is 53.1 Å². The molecule has 4 aromatic rings. The summed E-state index contributed by atoms with van der Waals surface area (Å²) in [6, 6.07) is 34.8. The number of carbonyl (C=O) groups excluding carboxylic acids is 3. The molecule has 0 saturated carbocycles. The number of fused-ring (bicyclic) bond motifs is 1. The Morgan fingerprint density at radius 3 is 2.21 bits per heavy atom. The van der Waals surface area contributed by atoms with Crippen molar-refractivity contribution in [2.45, 2.75) is 76.6 Å². The Morgan fingerprint density at radius 1 is 0.792 bits per heavy atom. The molecule has 6 rings (SSSR count). The Balaban J connectivity index is 1.18. The van der Waals surface area contributed by atoms with Crippen LogP contribution in [0.4, 0.5) is 0 Å². The van der Waals surface area contributed by atoms with Crippen molar-refractivity contribution in [1.29, 1.82) is 0 Å². The van der Waals surface area contributed by atoms with Gasteiger partial charge in [0, 0.05) is 13.0 Å². The molecule has 0 fully saturated rings. The van der Waals surface area contributed by atoms with Crippen LogP contribution < -0.4 is 10.1 Å². The Labute approximate surface area is 312 Å². The molecule has 2 aliphatic rings. The fourth-order valence-corrected chi connectivity index (χ4v) is 7.23. The molecule has 53 heavy (non-hydrogen) atoms. The van der Waals surface area contributed by atoms with Gasteiger partial charge >= 0.3 is 5.97 Å². The Morgan fingerprint density at radius 2 is 1.47 bits per heavy atom. The van der Waals surface area contributed by atoms with E-state index < -0.39 is 12.0 Å². The maximum absolute atomic E-state index is 14.1. The maximum atomic E-state index is 14.1. The molecule has 4 atom stereocenters. The van der Waals surface area contributed by atoms with E-state index in [2.05, 4.69) is 5.32 Å². The normalized spacial score (nSPS) is 21.1. The smallest absolute Gasteiger partial charge is 0.309 e. The number of benzene rings is 4. The van der Waals surface area contributed by atoms with Gasteiger partial charge in [0.2, 0.25) is 11.8 Å². The molecular formula is C45H50N2O6. The standard InChI is InChI=1S/C45H50N2O6/c48-30-41-27-36-17-11-12-20-39(36)29-47(41)43(49)28-37-18-9-1-2-10-19-38(25-33-13-5-3-6-14-33)45(51)53-32-40(46-44(37)50)26-34-21-23-42(24-22-34)52-31-35-15-7-4-8-16-35/h1,3-9,11-17,20-24,37-38,40-41,48H,2,10,18-19,25-32H2,(H,46,50)/t37-,38-,40+,41+/m1/s1. The SMILES string of the molecule is O=C1N[C@@H](Cc2ccc(OCc3ccccc3)cc2)COC(=O)[C@@H](Cc2ccccc2)CCCC=CC[C@@H]1CC(=O)N1Cc2ccccc2C[C@H]1CO. The molecule has 0 spiro atoms. The molecule has 2 heterocycles. The predicted molar refractivity (Wildman–Crippen MR) is 205 cm³/mol. The summed E-state index contributed by atoms with van der Waals surface area (Å²) in [4.78, 5) is 43.3. The van der Waals surface area contributed by atoms with Gasteiger partial charge in [-0.25, -0.2) is 0 Å². The molecule has 8 nitrogen and oxygen atoms in total. The fraction of sp³-hybridized carbons (Fsp3) is 0.356. The number of nitrogens with zero attached hydrogens (tertiary/aromatic N) is 1. The maximum Gasteiger partial charge on any atom is 0.309 e. The highest BCUT2D eigenvalue weighted by Crippen LogP contribution is 2.26. The first-order chi connectivity index (χ1) is 25.9. The average molecular weight is 715 g/mol. The first kappa shape index (κ1) is 37.5. The zero-order chi connectivity index (χ0) is 36.8. The van der Waals surface area contributed by atoms with Crippen LogP contribution in [0.5, 0.6) is 5.75 Å². The summed E-state index contributed by atoms with van der Waals surface area (Å²) in [5.41, 5.74) is 5.30. The molecule has 8 heteroatoms. The number of aliphatic hydroxyl groups excluding tert-OH is 1. The molecule has 0 unspecified atom stereocenters. The van der Waals surface area contributed by atoms with Crippen LogP contribution in [0.3, 0.4) is 0 Å². The van der Waals surface area contributed by atoms with Gasteiger partial charge in [0.25, 0.3) is 0 Å². The number of cyclic esters (lactones) is 1. The highest BCUT2D eigenvalue weighted by molar-refractivity contribution is 5.86. The number of hydrogen-bond acceptors (Lipinski definition) is 6. The third-order valence-corrected chi connectivity index (χ3v) is 10.3. The van der Waals surface area contributed by atoms with Gasteiger partial charge in [-0.3, -0.25) is 14.4 Å². The van der Waals surface area contributed by atoms with Crippen LogP contribution in [0.25, 0.3) is 0 Å². The highest BCUT2D eigenvalue weighted by atomic mass is 16.5. The third-order valence-electron chi connectivity index (χ3n) is 10.3. The third kappa shape index (κ3) is 10.9. The molecule has 276 valence electrons. The van der Waals surface area contributed by atoms with Crippen molar-refractivity contribution in [3.8, 4) is 5.75 Å². The number of hydrogen-bond donors (Lipinski definition) is 2. The lowest BCUT2D eigenvalue weighted by atomic mass is 9.92. The Hall–Kier alpha value is -5.21. The van der Waals surface area contributed by atoms with Gasteiger partial charge in [-0.1, -0.05) is 109 Å². The second-order valence-corrected chi connectivity index (χ2v) is 14.2. The quantitative estimate of drug-likeness (QED) is 0.139. The number of esters is 1. The predicted octanol–water partition coefficient (Wildman–Crippen LogP) is 6.78. The van der Waals surface area contributed by atoms with E-state index in [-0.39, 0.29) is 49.4 Å². The van der Waals surface area contributed by atoms with Crippen molar-refractivity contribution in [3.05, 3.63) is 149 Å². The van der Waals surface area contributed by atoms with Gasteiger partial charge < -0.3 is 24.8 Å². The van der Waals surface area contributed by atoms with Crippen LogP contribution in [0.1, 0.15) is 59.9 Å². The average Bonchev–Trinajstić information content (AvgIpc) is 3.19.